The summed E-state index contributed by atoms with van der Waals surface area (Å²) in [5.74, 6) is -2.15. The van der Waals surface area contributed by atoms with Gasteiger partial charge in [0.1, 0.15) is 0 Å². The van der Waals surface area contributed by atoms with Crippen LogP contribution in [0.4, 0.5) is 13.2 Å². The Labute approximate surface area is 185 Å². The molecule has 0 atom stereocenters. The highest BCUT2D eigenvalue weighted by molar-refractivity contribution is 6.31. The minimum Gasteiger partial charge on any atom is -0.481 e. The maximum absolute atomic E-state index is 13.0. The van der Waals surface area contributed by atoms with Gasteiger partial charge in [0.2, 0.25) is 0 Å². The van der Waals surface area contributed by atoms with Crippen molar-refractivity contribution < 1.29 is 33.0 Å². The summed E-state index contributed by atoms with van der Waals surface area (Å²) in [6, 6.07) is 5.78. The molecule has 0 aliphatic heterocycles. The van der Waals surface area contributed by atoms with Gasteiger partial charge in [-0.3, -0.25) is 19.0 Å². The molecule has 1 aromatic carbocycles. The number of hydrogen-bond acceptors (Lipinski definition) is 4. The first-order valence-electron chi connectivity index (χ1n) is 9.19. The first-order valence-corrected chi connectivity index (χ1v) is 9.57. The summed E-state index contributed by atoms with van der Waals surface area (Å²) in [7, 11) is 1.83. The van der Waals surface area contributed by atoms with E-state index in [4.69, 9.17) is 21.8 Å². The third kappa shape index (κ3) is 7.12. The number of halogens is 4. The Bertz CT molecular complexity index is 1090. The molecular formula is C20H20ClF3N4O4. The van der Waals surface area contributed by atoms with Crippen molar-refractivity contribution in [1.82, 2.24) is 19.6 Å². The average molecular weight is 473 g/mol. The molecule has 0 fully saturated rings. The van der Waals surface area contributed by atoms with E-state index in [1.165, 1.54) is 12.3 Å². The molecule has 0 unspecified atom stereocenters. The number of nitrogens with zero attached hydrogens (tertiary/aromatic N) is 4. The van der Waals surface area contributed by atoms with E-state index in [-0.39, 0.29) is 17.9 Å². The van der Waals surface area contributed by atoms with E-state index in [2.05, 4.69) is 10.2 Å². The zero-order valence-electron chi connectivity index (χ0n) is 17.1. The average Bonchev–Trinajstić information content (AvgIpc) is 3.26. The lowest BCUT2D eigenvalue weighted by molar-refractivity contribution is -0.143. The number of aryl methyl sites for hydroxylation is 2. The van der Waals surface area contributed by atoms with E-state index in [1.54, 1.807) is 21.6 Å². The highest BCUT2D eigenvalue weighted by Gasteiger charge is 2.33. The molecule has 8 nitrogen and oxygen atoms in total. The van der Waals surface area contributed by atoms with Crippen LogP contribution in [0.1, 0.15) is 29.8 Å². The minimum absolute atomic E-state index is 0.296. The predicted molar refractivity (Wildman–Crippen MR) is 109 cm³/mol. The second kappa shape index (κ2) is 10.3. The maximum Gasteiger partial charge on any atom is 0.417 e. The van der Waals surface area contributed by atoms with Crippen molar-refractivity contribution in [3.8, 4) is 11.1 Å². The van der Waals surface area contributed by atoms with E-state index in [1.807, 2.05) is 20.0 Å². The van der Waals surface area contributed by atoms with Crippen LogP contribution in [0.5, 0.6) is 0 Å². The summed E-state index contributed by atoms with van der Waals surface area (Å²) >= 11 is 5.65. The molecule has 172 valence electrons. The standard InChI is InChI=1S/C16H14ClF3N4.C4H6O4/c1-10-5-13(23(2)22-10)9-24-8-12(7-21-24)11-3-4-15(17)14(6-11)16(18,19)20;5-3(6)1-2-4(7)8/h3-8H,9H2,1-2H3;1-2H2,(H,5,6)(H,7,8). The second-order valence-corrected chi connectivity index (χ2v) is 7.21. The molecule has 3 rings (SSSR count). The van der Waals surface area contributed by atoms with Crippen molar-refractivity contribution in [1.29, 1.82) is 0 Å². The Morgan fingerprint density at radius 1 is 1.09 bits per heavy atom. The van der Waals surface area contributed by atoms with Crippen molar-refractivity contribution >= 4 is 23.5 Å². The number of benzene rings is 1. The van der Waals surface area contributed by atoms with Gasteiger partial charge in [-0.1, -0.05) is 17.7 Å². The fourth-order valence-electron chi connectivity index (χ4n) is 2.71. The summed E-state index contributed by atoms with van der Waals surface area (Å²) < 4.78 is 42.3. The van der Waals surface area contributed by atoms with Crippen molar-refractivity contribution in [2.45, 2.75) is 32.5 Å². The topological polar surface area (TPSA) is 110 Å². The second-order valence-electron chi connectivity index (χ2n) is 6.81. The fraction of sp³-hybridized carbons (Fsp3) is 0.300. The summed E-state index contributed by atoms with van der Waals surface area (Å²) in [5, 5.41) is 24.0. The number of alkyl halides is 3. The van der Waals surface area contributed by atoms with Crippen LogP contribution in [0.15, 0.2) is 36.7 Å². The van der Waals surface area contributed by atoms with Gasteiger partial charge in [0.05, 0.1) is 47.6 Å². The van der Waals surface area contributed by atoms with Crippen LogP contribution >= 0.6 is 11.6 Å². The van der Waals surface area contributed by atoms with Crippen molar-refractivity contribution in [3.63, 3.8) is 0 Å². The lowest BCUT2D eigenvalue weighted by Gasteiger charge is -2.10. The van der Waals surface area contributed by atoms with Gasteiger partial charge in [-0.25, -0.2) is 0 Å². The Morgan fingerprint density at radius 3 is 2.22 bits per heavy atom. The van der Waals surface area contributed by atoms with Gasteiger partial charge in [-0.2, -0.15) is 23.4 Å². The summed E-state index contributed by atoms with van der Waals surface area (Å²) in [4.78, 5) is 19.3. The lowest BCUT2D eigenvalue weighted by Crippen LogP contribution is -2.06. The van der Waals surface area contributed by atoms with E-state index in [0.29, 0.717) is 17.7 Å². The molecule has 12 heteroatoms. The molecule has 32 heavy (non-hydrogen) atoms. The minimum atomic E-state index is -4.49. The van der Waals surface area contributed by atoms with Gasteiger partial charge in [0.15, 0.2) is 0 Å². The van der Waals surface area contributed by atoms with Gasteiger partial charge in [-0.15, -0.1) is 0 Å². The molecule has 3 aromatic rings. The molecule has 0 amide bonds. The van der Waals surface area contributed by atoms with Gasteiger partial charge in [0.25, 0.3) is 0 Å². The molecule has 0 saturated heterocycles. The molecule has 2 aromatic heterocycles. The number of aromatic nitrogens is 4. The van der Waals surface area contributed by atoms with Gasteiger partial charge in [0, 0.05) is 18.8 Å². The quantitative estimate of drug-likeness (QED) is 0.555. The summed E-state index contributed by atoms with van der Waals surface area (Å²) in [5.41, 5.74) is 2.01. The number of carbonyl (C=O) groups is 2. The first kappa shape index (κ1) is 24.9. The van der Waals surface area contributed by atoms with E-state index < -0.39 is 23.7 Å². The monoisotopic (exact) mass is 472 g/mol. The predicted octanol–water partition coefficient (Wildman–Crippen LogP) is 4.25. The molecule has 0 radical (unpaired) electrons. The highest BCUT2D eigenvalue weighted by atomic mass is 35.5. The van der Waals surface area contributed by atoms with Crippen molar-refractivity contribution in [3.05, 3.63) is 58.6 Å². The molecular weight excluding hydrogens is 453 g/mol. The molecule has 2 heterocycles. The van der Waals surface area contributed by atoms with Crippen LogP contribution < -0.4 is 0 Å². The zero-order valence-corrected chi connectivity index (χ0v) is 17.9. The van der Waals surface area contributed by atoms with Gasteiger partial charge >= 0.3 is 18.1 Å². The molecule has 0 bridgehead atoms. The molecule has 0 saturated carbocycles. The number of carboxylic acids is 2. The smallest absolute Gasteiger partial charge is 0.417 e. The molecule has 0 aliphatic rings. The van der Waals surface area contributed by atoms with E-state index in [0.717, 1.165) is 17.5 Å². The molecule has 2 N–H and O–H groups in total. The molecule has 0 aliphatic carbocycles. The van der Waals surface area contributed by atoms with Crippen molar-refractivity contribution in [2.75, 3.05) is 0 Å². The Hall–Kier alpha value is -3.34. The fourth-order valence-corrected chi connectivity index (χ4v) is 2.94. The number of aliphatic carboxylic acids is 2. The van der Waals surface area contributed by atoms with Gasteiger partial charge in [-0.05, 0) is 30.7 Å². The maximum atomic E-state index is 13.0. The van der Waals surface area contributed by atoms with Crippen LogP contribution in [0.3, 0.4) is 0 Å². The highest BCUT2D eigenvalue weighted by Crippen LogP contribution is 2.37. The van der Waals surface area contributed by atoms with Crippen LogP contribution in [-0.4, -0.2) is 41.7 Å². The van der Waals surface area contributed by atoms with Crippen LogP contribution in [0.2, 0.25) is 5.02 Å². The molecule has 0 spiro atoms. The SMILES string of the molecule is Cc1cc(Cn2cc(-c3ccc(Cl)c(C(F)(F)F)c3)cn2)n(C)n1.O=C(O)CCC(=O)O. The van der Waals surface area contributed by atoms with Crippen LogP contribution in [-0.2, 0) is 29.4 Å². The Morgan fingerprint density at radius 2 is 1.72 bits per heavy atom. The third-order valence-electron chi connectivity index (χ3n) is 4.21. The normalized spacial score (nSPS) is 11.1. The number of hydrogen-bond donors (Lipinski definition) is 2. The summed E-state index contributed by atoms with van der Waals surface area (Å²) in [6.07, 6.45) is -1.85. The van der Waals surface area contributed by atoms with Crippen LogP contribution in [0, 0.1) is 6.92 Å². The number of rotatable bonds is 6. The van der Waals surface area contributed by atoms with Crippen LogP contribution in [0.25, 0.3) is 11.1 Å². The zero-order chi connectivity index (χ0) is 24.1. The Balaban J connectivity index is 0.000000390. The first-order chi connectivity index (χ1) is 14.9. The van der Waals surface area contributed by atoms with Gasteiger partial charge < -0.3 is 10.2 Å². The van der Waals surface area contributed by atoms with Crippen molar-refractivity contribution in [2.24, 2.45) is 7.05 Å². The largest absolute Gasteiger partial charge is 0.481 e. The summed E-state index contributed by atoms with van der Waals surface area (Å²) in [6.45, 7) is 2.38. The van der Waals surface area contributed by atoms with E-state index >= 15 is 0 Å². The lowest BCUT2D eigenvalue weighted by atomic mass is 10.1. The number of carboxylic acid groups (broad SMARTS) is 2. The Kier molecular flexibility index (Phi) is 8.03. The van der Waals surface area contributed by atoms with E-state index in [9.17, 15) is 22.8 Å². The third-order valence-corrected chi connectivity index (χ3v) is 4.54.